The minimum absolute atomic E-state index is 0.565. The van der Waals surface area contributed by atoms with Crippen LogP contribution in [0.5, 0.6) is 0 Å². The molecular weight excluding hydrogens is 246 g/mol. The van der Waals surface area contributed by atoms with Crippen LogP contribution in [0.2, 0.25) is 0 Å². The molecule has 3 heteroatoms. The molecule has 1 aromatic heterocycles. The van der Waals surface area contributed by atoms with Gasteiger partial charge in [-0.3, -0.25) is 4.68 Å². The molecule has 3 unspecified atom stereocenters. The Hall–Kier alpha value is -0.830. The summed E-state index contributed by atoms with van der Waals surface area (Å²) in [5, 5.41) is 8.46. The van der Waals surface area contributed by atoms with Crippen LogP contribution in [0.4, 0.5) is 0 Å². The van der Waals surface area contributed by atoms with Gasteiger partial charge in [0.25, 0.3) is 0 Å². The van der Waals surface area contributed by atoms with Gasteiger partial charge in [0.15, 0.2) is 0 Å². The Morgan fingerprint density at radius 3 is 2.85 bits per heavy atom. The highest BCUT2D eigenvalue weighted by atomic mass is 15.3. The Bertz CT molecular complexity index is 475. The highest BCUT2D eigenvalue weighted by Gasteiger charge is 2.35. The third kappa shape index (κ3) is 2.41. The fourth-order valence-corrected chi connectivity index (χ4v) is 4.54. The van der Waals surface area contributed by atoms with E-state index in [0.717, 1.165) is 17.9 Å². The normalized spacial score (nSPS) is 34.0. The summed E-state index contributed by atoms with van der Waals surface area (Å²) in [5.74, 6) is 2.11. The summed E-state index contributed by atoms with van der Waals surface area (Å²) in [6.45, 7) is 0. The molecule has 3 aliphatic rings. The van der Waals surface area contributed by atoms with E-state index < -0.39 is 0 Å². The summed E-state index contributed by atoms with van der Waals surface area (Å²) >= 11 is 0. The molecule has 1 N–H and O–H groups in total. The first-order valence-electron chi connectivity index (χ1n) is 8.58. The van der Waals surface area contributed by atoms with Crippen LogP contribution in [0.25, 0.3) is 0 Å². The minimum atomic E-state index is 0.565. The van der Waals surface area contributed by atoms with E-state index in [2.05, 4.69) is 28.3 Å². The van der Waals surface area contributed by atoms with Crippen LogP contribution in [0, 0.1) is 11.8 Å². The van der Waals surface area contributed by atoms with E-state index in [4.69, 9.17) is 0 Å². The lowest BCUT2D eigenvalue weighted by atomic mass is 9.81. The summed E-state index contributed by atoms with van der Waals surface area (Å²) in [6.07, 6.45) is 14.7. The van der Waals surface area contributed by atoms with Crippen molar-refractivity contribution in [1.29, 1.82) is 0 Å². The first kappa shape index (κ1) is 12.9. The Kier molecular flexibility index (Phi) is 3.33. The quantitative estimate of drug-likeness (QED) is 0.915. The molecule has 3 aliphatic carbocycles. The molecule has 0 radical (unpaired) electrons. The average Bonchev–Trinajstić information content (AvgIpc) is 3.25. The largest absolute Gasteiger partial charge is 0.307 e. The van der Waals surface area contributed by atoms with Crippen LogP contribution < -0.4 is 5.32 Å². The number of hydrogen-bond acceptors (Lipinski definition) is 2. The second-order valence-electron chi connectivity index (χ2n) is 7.24. The zero-order valence-corrected chi connectivity index (χ0v) is 12.6. The molecule has 1 heterocycles. The van der Waals surface area contributed by atoms with Crippen molar-refractivity contribution in [2.75, 3.05) is 0 Å². The molecule has 2 saturated carbocycles. The molecule has 0 aliphatic heterocycles. The van der Waals surface area contributed by atoms with Crippen molar-refractivity contribution in [3.8, 4) is 0 Å². The van der Waals surface area contributed by atoms with Crippen LogP contribution in [-0.4, -0.2) is 15.8 Å². The maximum absolute atomic E-state index is 4.47. The van der Waals surface area contributed by atoms with E-state index in [-0.39, 0.29) is 0 Å². The summed E-state index contributed by atoms with van der Waals surface area (Å²) in [5.41, 5.74) is 2.94. The van der Waals surface area contributed by atoms with Crippen molar-refractivity contribution in [1.82, 2.24) is 15.1 Å². The smallest absolute Gasteiger partial charge is 0.0540 e. The first-order chi connectivity index (χ1) is 9.81. The van der Waals surface area contributed by atoms with Gasteiger partial charge in [-0.1, -0.05) is 12.8 Å². The summed E-state index contributed by atoms with van der Waals surface area (Å²) in [7, 11) is 2.09. The number of hydrogen-bond donors (Lipinski definition) is 1. The fourth-order valence-electron chi connectivity index (χ4n) is 4.54. The average molecular weight is 273 g/mol. The van der Waals surface area contributed by atoms with Gasteiger partial charge in [0.1, 0.15) is 0 Å². The monoisotopic (exact) mass is 273 g/mol. The van der Waals surface area contributed by atoms with Crippen LogP contribution in [0.15, 0.2) is 6.20 Å². The molecule has 0 amide bonds. The Morgan fingerprint density at radius 1 is 1.10 bits per heavy atom. The maximum Gasteiger partial charge on any atom is 0.0540 e. The standard InChI is InChI=1S/C17H27N3/c1-20-17-7-3-6-16(15(17)11-18-20)19-14-5-2-4-13(10-14)12-8-9-12/h11-14,16,19H,2-10H2,1H3. The van der Waals surface area contributed by atoms with Crippen LogP contribution in [0.1, 0.15) is 68.7 Å². The molecule has 0 spiro atoms. The van der Waals surface area contributed by atoms with E-state index in [0.29, 0.717) is 6.04 Å². The second kappa shape index (κ2) is 5.18. The number of fused-ring (bicyclic) bond motifs is 1. The van der Waals surface area contributed by atoms with Gasteiger partial charge in [0, 0.05) is 30.4 Å². The highest BCUT2D eigenvalue weighted by molar-refractivity contribution is 5.24. The van der Waals surface area contributed by atoms with Gasteiger partial charge in [0.2, 0.25) is 0 Å². The summed E-state index contributed by atoms with van der Waals surface area (Å²) in [4.78, 5) is 0. The minimum Gasteiger partial charge on any atom is -0.307 e. The lowest BCUT2D eigenvalue weighted by molar-refractivity contribution is 0.240. The molecule has 2 fully saturated rings. The Morgan fingerprint density at radius 2 is 2.00 bits per heavy atom. The molecule has 0 bridgehead atoms. The lowest BCUT2D eigenvalue weighted by Gasteiger charge is -2.34. The third-order valence-corrected chi connectivity index (χ3v) is 5.82. The zero-order chi connectivity index (χ0) is 13.5. The molecule has 3 atom stereocenters. The molecule has 0 saturated heterocycles. The van der Waals surface area contributed by atoms with Gasteiger partial charge in [-0.15, -0.1) is 0 Å². The van der Waals surface area contributed by atoms with Crippen molar-refractivity contribution in [3.05, 3.63) is 17.5 Å². The number of aryl methyl sites for hydroxylation is 1. The lowest BCUT2D eigenvalue weighted by Crippen LogP contribution is -2.38. The molecule has 3 nitrogen and oxygen atoms in total. The van der Waals surface area contributed by atoms with Crippen molar-refractivity contribution < 1.29 is 0 Å². The molecule has 0 aromatic carbocycles. The van der Waals surface area contributed by atoms with Crippen molar-refractivity contribution in [2.24, 2.45) is 18.9 Å². The molecule has 1 aromatic rings. The van der Waals surface area contributed by atoms with Gasteiger partial charge in [-0.25, -0.2) is 0 Å². The van der Waals surface area contributed by atoms with Crippen LogP contribution >= 0.6 is 0 Å². The summed E-state index contributed by atoms with van der Waals surface area (Å²) < 4.78 is 2.08. The third-order valence-electron chi connectivity index (χ3n) is 5.82. The van der Waals surface area contributed by atoms with Gasteiger partial charge in [-0.05, 0) is 56.8 Å². The van der Waals surface area contributed by atoms with Crippen molar-refractivity contribution in [3.63, 3.8) is 0 Å². The van der Waals surface area contributed by atoms with Gasteiger partial charge in [0.05, 0.1) is 6.20 Å². The van der Waals surface area contributed by atoms with E-state index in [1.54, 1.807) is 0 Å². The van der Waals surface area contributed by atoms with E-state index in [9.17, 15) is 0 Å². The van der Waals surface area contributed by atoms with Crippen LogP contribution in [0.3, 0.4) is 0 Å². The molecule has 20 heavy (non-hydrogen) atoms. The number of aromatic nitrogens is 2. The van der Waals surface area contributed by atoms with Gasteiger partial charge in [-0.2, -0.15) is 5.10 Å². The van der Waals surface area contributed by atoms with E-state index >= 15 is 0 Å². The van der Waals surface area contributed by atoms with Crippen LogP contribution in [-0.2, 0) is 13.5 Å². The topological polar surface area (TPSA) is 29.9 Å². The summed E-state index contributed by atoms with van der Waals surface area (Å²) in [6, 6.07) is 1.32. The van der Waals surface area contributed by atoms with Crippen molar-refractivity contribution in [2.45, 2.75) is 69.9 Å². The van der Waals surface area contributed by atoms with Gasteiger partial charge >= 0.3 is 0 Å². The maximum atomic E-state index is 4.47. The fraction of sp³-hybridized carbons (Fsp3) is 0.824. The Balaban J connectivity index is 1.43. The predicted octanol–water partition coefficient (Wildman–Crippen LogP) is 3.36. The Labute approximate surface area is 122 Å². The van der Waals surface area contributed by atoms with Crippen molar-refractivity contribution >= 4 is 0 Å². The number of nitrogens with one attached hydrogen (secondary N) is 1. The highest BCUT2D eigenvalue weighted by Crippen LogP contribution is 2.44. The second-order valence-corrected chi connectivity index (χ2v) is 7.24. The molecular formula is C17H27N3. The zero-order valence-electron chi connectivity index (χ0n) is 12.6. The van der Waals surface area contributed by atoms with E-state index in [1.807, 2.05) is 0 Å². The number of nitrogens with zero attached hydrogens (tertiary/aromatic N) is 2. The first-order valence-corrected chi connectivity index (χ1v) is 8.58. The van der Waals surface area contributed by atoms with E-state index in [1.165, 1.54) is 69.0 Å². The van der Waals surface area contributed by atoms with Gasteiger partial charge < -0.3 is 5.32 Å². The predicted molar refractivity (Wildman–Crippen MR) is 80.5 cm³/mol. The number of rotatable bonds is 3. The molecule has 110 valence electrons. The molecule has 4 rings (SSSR count). The SMILES string of the molecule is Cn1ncc2c1CCCC2NC1CCCC(C2CC2)C1.